The molecule has 3 nitrogen and oxygen atoms in total. The average molecular weight is 276 g/mol. The van der Waals surface area contributed by atoms with Crippen LogP contribution < -0.4 is 5.32 Å². The summed E-state index contributed by atoms with van der Waals surface area (Å²) in [5.41, 5.74) is -0.434. The molecule has 0 fully saturated rings. The van der Waals surface area contributed by atoms with Crippen molar-refractivity contribution in [3.05, 3.63) is 33.8 Å². The zero-order valence-electron chi connectivity index (χ0n) is 9.92. The van der Waals surface area contributed by atoms with Gasteiger partial charge in [0, 0.05) is 0 Å². The minimum Gasteiger partial charge on any atom is -0.391 e. The third-order valence-electron chi connectivity index (χ3n) is 2.68. The minimum absolute atomic E-state index is 0.216. The molecule has 1 aromatic carbocycles. The summed E-state index contributed by atoms with van der Waals surface area (Å²) in [6.07, 6.45) is -0.676. The summed E-state index contributed by atoms with van der Waals surface area (Å²) in [6.45, 7) is 5.07. The predicted molar refractivity (Wildman–Crippen MR) is 69.7 cm³/mol. The van der Waals surface area contributed by atoms with Gasteiger partial charge in [0.2, 0.25) is 0 Å². The van der Waals surface area contributed by atoms with Gasteiger partial charge >= 0.3 is 0 Å². The summed E-state index contributed by atoms with van der Waals surface area (Å²) in [6, 6.07) is 4.85. The zero-order chi connectivity index (χ0) is 13.2. The van der Waals surface area contributed by atoms with Gasteiger partial charge in [-0.15, -0.1) is 0 Å². The fourth-order valence-corrected chi connectivity index (χ4v) is 1.53. The highest BCUT2D eigenvalue weighted by molar-refractivity contribution is 6.43. The van der Waals surface area contributed by atoms with Crippen molar-refractivity contribution in [3.8, 4) is 0 Å². The molecular formula is C12H15Cl2NO2. The maximum Gasteiger partial charge on any atom is 0.253 e. The summed E-state index contributed by atoms with van der Waals surface area (Å²) in [7, 11) is 0. The number of aliphatic hydroxyl groups is 1. The third kappa shape index (κ3) is 3.35. The number of halogens is 2. The highest BCUT2D eigenvalue weighted by Crippen LogP contribution is 2.26. The van der Waals surface area contributed by atoms with Crippen LogP contribution in [0.4, 0.5) is 0 Å². The Morgan fingerprint density at radius 1 is 1.41 bits per heavy atom. The molecule has 0 spiro atoms. The molecule has 0 saturated heterocycles. The predicted octanol–water partition coefficient (Wildman–Crippen LogP) is 2.88. The molecule has 0 aliphatic carbocycles. The number of hydrogen-bond acceptors (Lipinski definition) is 2. The summed E-state index contributed by atoms with van der Waals surface area (Å²) < 4.78 is 0. The number of amides is 1. The van der Waals surface area contributed by atoms with Crippen LogP contribution in [0, 0.1) is 0 Å². The summed E-state index contributed by atoms with van der Waals surface area (Å²) in [5.74, 6) is -0.358. The molecule has 2 N–H and O–H groups in total. The van der Waals surface area contributed by atoms with Crippen LogP contribution in [0.15, 0.2) is 18.2 Å². The zero-order valence-corrected chi connectivity index (χ0v) is 11.4. The average Bonchev–Trinajstić information content (AvgIpc) is 2.21. The van der Waals surface area contributed by atoms with Crippen molar-refractivity contribution >= 4 is 29.1 Å². The van der Waals surface area contributed by atoms with Crippen LogP contribution in [0.5, 0.6) is 0 Å². The van der Waals surface area contributed by atoms with Crippen molar-refractivity contribution in [2.24, 2.45) is 0 Å². The third-order valence-corrected chi connectivity index (χ3v) is 3.50. The van der Waals surface area contributed by atoms with Crippen molar-refractivity contribution in [1.29, 1.82) is 0 Å². The molecule has 0 heterocycles. The lowest BCUT2D eigenvalue weighted by Crippen LogP contribution is -2.51. The Labute approximate surface area is 111 Å². The second-order valence-electron chi connectivity index (χ2n) is 4.45. The Morgan fingerprint density at radius 2 is 2.00 bits per heavy atom. The van der Waals surface area contributed by atoms with E-state index in [0.717, 1.165) is 0 Å². The molecule has 1 amide bonds. The van der Waals surface area contributed by atoms with Crippen LogP contribution in [-0.2, 0) is 0 Å². The Balaban J connectivity index is 2.95. The molecule has 1 unspecified atom stereocenters. The van der Waals surface area contributed by atoms with Crippen molar-refractivity contribution in [2.75, 3.05) is 0 Å². The molecule has 1 aromatic rings. The first-order valence-electron chi connectivity index (χ1n) is 5.20. The van der Waals surface area contributed by atoms with Crippen LogP contribution in [-0.4, -0.2) is 22.7 Å². The van der Waals surface area contributed by atoms with Crippen LogP contribution in [0.1, 0.15) is 31.1 Å². The lowest BCUT2D eigenvalue weighted by molar-refractivity contribution is 0.0709. The molecule has 1 rings (SSSR count). The molecule has 0 radical (unpaired) electrons. The lowest BCUT2D eigenvalue weighted by atomic mass is 9.98. The van der Waals surface area contributed by atoms with Gasteiger partial charge in [-0.3, -0.25) is 4.79 Å². The van der Waals surface area contributed by atoms with E-state index >= 15 is 0 Å². The van der Waals surface area contributed by atoms with E-state index in [4.69, 9.17) is 23.2 Å². The smallest absolute Gasteiger partial charge is 0.253 e. The largest absolute Gasteiger partial charge is 0.391 e. The van der Waals surface area contributed by atoms with Crippen LogP contribution in [0.2, 0.25) is 10.0 Å². The van der Waals surface area contributed by atoms with Gasteiger partial charge in [-0.25, -0.2) is 0 Å². The van der Waals surface area contributed by atoms with Gasteiger partial charge in [0.25, 0.3) is 5.91 Å². The van der Waals surface area contributed by atoms with Crippen molar-refractivity contribution < 1.29 is 9.90 Å². The van der Waals surface area contributed by atoms with Crippen molar-refractivity contribution in [2.45, 2.75) is 32.4 Å². The number of nitrogens with one attached hydrogen (secondary N) is 1. The van der Waals surface area contributed by atoms with E-state index in [-0.39, 0.29) is 10.9 Å². The van der Waals surface area contributed by atoms with Crippen LogP contribution >= 0.6 is 23.2 Å². The Hall–Kier alpha value is -0.770. The Morgan fingerprint density at radius 3 is 2.53 bits per heavy atom. The van der Waals surface area contributed by atoms with Crippen LogP contribution in [0.25, 0.3) is 0 Å². The van der Waals surface area contributed by atoms with E-state index in [1.165, 1.54) is 0 Å². The van der Waals surface area contributed by atoms with E-state index in [9.17, 15) is 9.90 Å². The van der Waals surface area contributed by atoms with Gasteiger partial charge in [0.05, 0.1) is 27.3 Å². The van der Waals surface area contributed by atoms with Gasteiger partial charge in [0.1, 0.15) is 0 Å². The van der Waals surface area contributed by atoms with Crippen molar-refractivity contribution in [3.63, 3.8) is 0 Å². The summed E-state index contributed by atoms with van der Waals surface area (Å²) in [4.78, 5) is 12.0. The van der Waals surface area contributed by atoms with Crippen molar-refractivity contribution in [1.82, 2.24) is 5.32 Å². The monoisotopic (exact) mass is 275 g/mol. The van der Waals surface area contributed by atoms with E-state index in [0.29, 0.717) is 10.6 Å². The fourth-order valence-electron chi connectivity index (χ4n) is 1.14. The Kier molecular flexibility index (Phi) is 4.42. The second kappa shape index (κ2) is 5.25. The number of aliphatic hydroxyl groups excluding tert-OH is 1. The normalized spacial score (nSPS) is 13.3. The van der Waals surface area contributed by atoms with Gasteiger partial charge in [-0.05, 0) is 32.9 Å². The molecule has 17 heavy (non-hydrogen) atoms. The lowest BCUT2D eigenvalue weighted by Gasteiger charge is -2.29. The number of carbonyl (C=O) groups is 1. The molecule has 0 aromatic heterocycles. The van der Waals surface area contributed by atoms with Gasteiger partial charge in [-0.2, -0.15) is 0 Å². The first-order valence-corrected chi connectivity index (χ1v) is 5.96. The van der Waals surface area contributed by atoms with Gasteiger partial charge < -0.3 is 10.4 Å². The van der Waals surface area contributed by atoms with E-state index in [2.05, 4.69) is 5.32 Å². The maximum absolute atomic E-state index is 12.0. The SMILES string of the molecule is CC(O)C(C)(C)NC(=O)c1cccc(Cl)c1Cl. The fraction of sp³-hybridized carbons (Fsp3) is 0.417. The summed E-state index contributed by atoms with van der Waals surface area (Å²) in [5, 5.41) is 12.8. The van der Waals surface area contributed by atoms with Crippen LogP contribution in [0.3, 0.4) is 0 Å². The number of carbonyl (C=O) groups excluding carboxylic acids is 1. The van der Waals surface area contributed by atoms with E-state index in [1.807, 2.05) is 0 Å². The number of benzene rings is 1. The first-order chi connectivity index (χ1) is 7.75. The minimum atomic E-state index is -0.733. The topological polar surface area (TPSA) is 49.3 Å². The van der Waals surface area contributed by atoms with Gasteiger partial charge in [0.15, 0.2) is 0 Å². The molecule has 0 bridgehead atoms. The summed E-state index contributed by atoms with van der Waals surface area (Å²) >= 11 is 11.8. The highest BCUT2D eigenvalue weighted by atomic mass is 35.5. The molecule has 0 saturated carbocycles. The molecular weight excluding hydrogens is 261 g/mol. The standard InChI is InChI=1S/C12H15Cl2NO2/c1-7(16)12(2,3)15-11(17)8-5-4-6-9(13)10(8)14/h4-7,16H,1-3H3,(H,15,17). The quantitative estimate of drug-likeness (QED) is 0.891. The molecule has 0 aliphatic rings. The van der Waals surface area contributed by atoms with Gasteiger partial charge in [-0.1, -0.05) is 29.3 Å². The Bertz CT molecular complexity index is 431. The maximum atomic E-state index is 12.0. The van der Waals surface area contributed by atoms with E-state index in [1.54, 1.807) is 39.0 Å². The highest BCUT2D eigenvalue weighted by Gasteiger charge is 2.27. The molecule has 1 atom stereocenters. The van der Waals surface area contributed by atoms with E-state index < -0.39 is 11.6 Å². The number of rotatable bonds is 3. The first kappa shape index (κ1) is 14.3. The molecule has 5 heteroatoms. The number of hydrogen-bond donors (Lipinski definition) is 2. The molecule has 94 valence electrons. The molecule has 0 aliphatic heterocycles. The second-order valence-corrected chi connectivity index (χ2v) is 5.24.